The minimum absolute atomic E-state index is 0.0887. The highest BCUT2D eigenvalue weighted by molar-refractivity contribution is 5.96. The Morgan fingerprint density at radius 3 is 2.00 bits per heavy atom. The zero-order valence-electron chi connectivity index (χ0n) is 14.3. The third-order valence-electron chi connectivity index (χ3n) is 3.44. The maximum absolute atomic E-state index is 12.0. The molecule has 26 heavy (non-hydrogen) atoms. The van der Waals surface area contributed by atoms with Crippen molar-refractivity contribution < 1.29 is 34.3 Å². The van der Waals surface area contributed by atoms with Crippen LogP contribution >= 0.6 is 0 Å². The number of rotatable bonds is 6. The number of nitrogens with one attached hydrogen (secondary N) is 1. The summed E-state index contributed by atoms with van der Waals surface area (Å²) in [6, 6.07) is 5.22. The van der Waals surface area contributed by atoms with Gasteiger partial charge in [0, 0.05) is 17.2 Å². The van der Waals surface area contributed by atoms with Gasteiger partial charge in [0.1, 0.15) is 5.75 Å². The number of hydrogen-bond donors (Lipinski definition) is 4. The molecule has 2 aromatic rings. The van der Waals surface area contributed by atoms with E-state index in [0.717, 1.165) is 12.1 Å². The lowest BCUT2D eigenvalue weighted by Gasteiger charge is -2.11. The molecule has 4 N–H and O–H groups in total. The molecule has 0 bridgehead atoms. The van der Waals surface area contributed by atoms with Gasteiger partial charge in [0.15, 0.2) is 28.7 Å². The Kier molecular flexibility index (Phi) is 5.74. The van der Waals surface area contributed by atoms with Crippen LogP contribution in [0.1, 0.15) is 15.9 Å². The van der Waals surface area contributed by atoms with Gasteiger partial charge in [-0.1, -0.05) is 0 Å². The Bertz CT molecular complexity index is 826. The largest absolute Gasteiger partial charge is 0.504 e. The highest BCUT2D eigenvalue weighted by Crippen LogP contribution is 2.35. The van der Waals surface area contributed by atoms with Crippen molar-refractivity contribution in [3.63, 3.8) is 0 Å². The van der Waals surface area contributed by atoms with Crippen LogP contribution in [0.4, 0.5) is 0 Å². The Labute approximate surface area is 149 Å². The Morgan fingerprint density at radius 2 is 1.46 bits per heavy atom. The molecule has 2 aromatic carbocycles. The quantitative estimate of drug-likeness (QED) is 0.349. The molecule has 0 heterocycles. The molecular formula is C17H18N2O7. The van der Waals surface area contributed by atoms with Crippen LogP contribution in [0.25, 0.3) is 0 Å². The van der Waals surface area contributed by atoms with E-state index in [0.29, 0.717) is 22.8 Å². The lowest BCUT2D eigenvalue weighted by molar-refractivity contribution is 0.0954. The summed E-state index contributed by atoms with van der Waals surface area (Å²) in [6.45, 7) is 0. The maximum atomic E-state index is 12.0. The minimum atomic E-state index is -0.708. The Morgan fingerprint density at radius 1 is 0.923 bits per heavy atom. The molecule has 9 heteroatoms. The molecule has 138 valence electrons. The fraction of sp³-hybridized carbons (Fsp3) is 0.176. The van der Waals surface area contributed by atoms with Gasteiger partial charge >= 0.3 is 0 Å². The second-order valence-electron chi connectivity index (χ2n) is 5.01. The van der Waals surface area contributed by atoms with E-state index in [-0.39, 0.29) is 5.56 Å². The molecule has 0 saturated heterocycles. The van der Waals surface area contributed by atoms with E-state index in [4.69, 9.17) is 14.2 Å². The fourth-order valence-electron chi connectivity index (χ4n) is 2.11. The molecule has 0 spiro atoms. The highest BCUT2D eigenvalue weighted by Gasteiger charge is 2.14. The third-order valence-corrected chi connectivity index (χ3v) is 3.44. The molecule has 0 unspecified atom stereocenters. The van der Waals surface area contributed by atoms with Gasteiger partial charge < -0.3 is 29.5 Å². The first-order valence-corrected chi connectivity index (χ1v) is 7.29. The van der Waals surface area contributed by atoms with Crippen molar-refractivity contribution in [3.8, 4) is 34.5 Å². The molecule has 1 amide bonds. The van der Waals surface area contributed by atoms with Gasteiger partial charge in [-0.3, -0.25) is 4.79 Å². The number of phenols is 3. The van der Waals surface area contributed by atoms with E-state index in [1.807, 2.05) is 0 Å². The fourth-order valence-corrected chi connectivity index (χ4v) is 2.11. The normalized spacial score (nSPS) is 10.6. The first kappa shape index (κ1) is 18.7. The van der Waals surface area contributed by atoms with Crippen LogP contribution in [0.2, 0.25) is 0 Å². The number of benzene rings is 2. The standard InChI is InChI=1S/C17H18N2O7/c1-24-13-7-15(26-3)14(25-2)6-10(13)8-18-19-17(23)9-4-11(20)16(22)12(21)5-9/h4-8,20-22H,1-3H3,(H,19,23). The van der Waals surface area contributed by atoms with Crippen molar-refractivity contribution >= 4 is 12.1 Å². The molecule has 0 saturated carbocycles. The molecule has 0 aliphatic carbocycles. The topological polar surface area (TPSA) is 130 Å². The van der Waals surface area contributed by atoms with Crippen LogP contribution in [0.15, 0.2) is 29.4 Å². The average molecular weight is 362 g/mol. The summed E-state index contributed by atoms with van der Waals surface area (Å²) in [7, 11) is 4.45. The van der Waals surface area contributed by atoms with Crippen LogP contribution in [0.3, 0.4) is 0 Å². The van der Waals surface area contributed by atoms with Crippen LogP contribution in [0.5, 0.6) is 34.5 Å². The number of carbonyl (C=O) groups excluding carboxylic acids is 1. The number of carbonyl (C=O) groups is 1. The van der Waals surface area contributed by atoms with Crippen molar-refractivity contribution in [3.05, 3.63) is 35.4 Å². The number of hydrogen-bond acceptors (Lipinski definition) is 8. The molecule has 0 aliphatic rings. The zero-order chi connectivity index (χ0) is 19.3. The molecular weight excluding hydrogens is 344 g/mol. The summed E-state index contributed by atoms with van der Waals surface area (Å²) in [4.78, 5) is 12.0. The predicted molar refractivity (Wildman–Crippen MR) is 92.6 cm³/mol. The second kappa shape index (κ2) is 7.97. The molecule has 2 rings (SSSR count). The van der Waals surface area contributed by atoms with Crippen molar-refractivity contribution in [1.82, 2.24) is 5.43 Å². The van der Waals surface area contributed by atoms with Gasteiger partial charge in [0.05, 0.1) is 27.5 Å². The van der Waals surface area contributed by atoms with E-state index in [2.05, 4.69) is 10.5 Å². The molecule has 0 fully saturated rings. The van der Waals surface area contributed by atoms with Crippen LogP contribution in [-0.4, -0.2) is 48.8 Å². The SMILES string of the molecule is COc1cc(OC)c(OC)cc1C=NNC(=O)c1cc(O)c(O)c(O)c1. The van der Waals surface area contributed by atoms with Crippen molar-refractivity contribution in [2.45, 2.75) is 0 Å². The molecule has 0 radical (unpaired) electrons. The van der Waals surface area contributed by atoms with Gasteiger partial charge in [-0.05, 0) is 18.2 Å². The number of methoxy groups -OCH3 is 3. The van der Waals surface area contributed by atoms with E-state index >= 15 is 0 Å². The Balaban J connectivity index is 2.21. The van der Waals surface area contributed by atoms with E-state index in [9.17, 15) is 20.1 Å². The van der Waals surface area contributed by atoms with Gasteiger partial charge in [0.25, 0.3) is 5.91 Å². The number of phenolic OH excluding ortho intramolecular Hbond substituents is 3. The molecule has 0 aliphatic heterocycles. The number of aromatic hydroxyl groups is 3. The van der Waals surface area contributed by atoms with E-state index < -0.39 is 23.2 Å². The summed E-state index contributed by atoms with van der Waals surface area (Å²) >= 11 is 0. The summed E-state index contributed by atoms with van der Waals surface area (Å²) in [5, 5.41) is 32.0. The average Bonchev–Trinajstić information content (AvgIpc) is 2.64. The summed E-state index contributed by atoms with van der Waals surface area (Å²) in [5.74, 6) is -1.29. The maximum Gasteiger partial charge on any atom is 0.271 e. The lowest BCUT2D eigenvalue weighted by Crippen LogP contribution is -2.17. The van der Waals surface area contributed by atoms with Gasteiger partial charge in [0.2, 0.25) is 0 Å². The molecule has 0 aromatic heterocycles. The van der Waals surface area contributed by atoms with Gasteiger partial charge in [-0.2, -0.15) is 5.10 Å². The monoisotopic (exact) mass is 362 g/mol. The lowest BCUT2D eigenvalue weighted by atomic mass is 10.1. The van der Waals surface area contributed by atoms with Gasteiger partial charge in [-0.15, -0.1) is 0 Å². The summed E-state index contributed by atoms with van der Waals surface area (Å²) < 4.78 is 15.6. The van der Waals surface area contributed by atoms with Crippen molar-refractivity contribution in [2.75, 3.05) is 21.3 Å². The van der Waals surface area contributed by atoms with Crippen LogP contribution in [-0.2, 0) is 0 Å². The Hall–Kier alpha value is -3.62. The second-order valence-corrected chi connectivity index (χ2v) is 5.01. The first-order valence-electron chi connectivity index (χ1n) is 7.29. The predicted octanol–water partition coefficient (Wildman–Crippen LogP) is 1.59. The summed E-state index contributed by atoms with van der Waals surface area (Å²) in [6.07, 6.45) is 1.33. The van der Waals surface area contributed by atoms with Crippen molar-refractivity contribution in [2.24, 2.45) is 5.10 Å². The number of nitrogens with zero attached hydrogens (tertiary/aromatic N) is 1. The third kappa shape index (κ3) is 3.89. The summed E-state index contributed by atoms with van der Waals surface area (Å²) in [5.41, 5.74) is 2.66. The van der Waals surface area contributed by atoms with Crippen LogP contribution < -0.4 is 19.6 Å². The van der Waals surface area contributed by atoms with Gasteiger partial charge in [-0.25, -0.2) is 5.43 Å². The number of ether oxygens (including phenoxy) is 3. The highest BCUT2D eigenvalue weighted by atomic mass is 16.5. The first-order chi connectivity index (χ1) is 12.4. The van der Waals surface area contributed by atoms with E-state index in [1.165, 1.54) is 27.5 Å². The minimum Gasteiger partial charge on any atom is -0.504 e. The van der Waals surface area contributed by atoms with Crippen molar-refractivity contribution in [1.29, 1.82) is 0 Å². The zero-order valence-corrected chi connectivity index (χ0v) is 14.3. The number of amides is 1. The number of hydrazone groups is 1. The molecule has 0 atom stereocenters. The molecule has 9 nitrogen and oxygen atoms in total. The van der Waals surface area contributed by atoms with E-state index in [1.54, 1.807) is 12.1 Å². The smallest absolute Gasteiger partial charge is 0.271 e. The van der Waals surface area contributed by atoms with Crippen LogP contribution in [0, 0.1) is 0 Å².